The van der Waals surface area contributed by atoms with Gasteiger partial charge in [-0.3, -0.25) is 4.90 Å². The summed E-state index contributed by atoms with van der Waals surface area (Å²) in [7, 11) is 2.34. The molecule has 0 aromatic heterocycles. The Morgan fingerprint density at radius 3 is 1.25 bits per heavy atom. The van der Waals surface area contributed by atoms with E-state index in [0.717, 1.165) is 0 Å². The van der Waals surface area contributed by atoms with Crippen LogP contribution in [0.2, 0.25) is 0 Å². The molecule has 1 saturated heterocycles. The summed E-state index contributed by atoms with van der Waals surface area (Å²) in [5.74, 6) is 2.36. The van der Waals surface area contributed by atoms with E-state index in [1.807, 2.05) is 0 Å². The van der Waals surface area contributed by atoms with E-state index in [1.54, 1.807) is 0 Å². The zero-order chi connectivity index (χ0) is 17.3. The molecule has 0 amide bonds. The number of hydrogen-bond acceptors (Lipinski definition) is 1. The minimum Gasteiger partial charge on any atom is -0.299 e. The Labute approximate surface area is 147 Å². The smallest absolute Gasteiger partial charge is 0.0194 e. The summed E-state index contributed by atoms with van der Waals surface area (Å²) in [6, 6.07) is 23.5. The van der Waals surface area contributed by atoms with E-state index in [9.17, 15) is 0 Å². The number of rotatable bonds is 4. The Bertz CT molecular complexity index is 574. The molecule has 1 heterocycles. The van der Waals surface area contributed by atoms with Gasteiger partial charge in [-0.15, -0.1) is 0 Å². The van der Waals surface area contributed by atoms with Crippen LogP contribution < -0.4 is 0 Å². The normalized spacial score (nSPS) is 28.0. The van der Waals surface area contributed by atoms with Gasteiger partial charge in [0.05, 0.1) is 0 Å². The number of likely N-dealkylation sites (tertiary alicyclic amines) is 1. The van der Waals surface area contributed by atoms with Crippen LogP contribution in [0.15, 0.2) is 60.7 Å². The molecule has 24 heavy (non-hydrogen) atoms. The highest BCUT2D eigenvalue weighted by atomic mass is 15.2. The van der Waals surface area contributed by atoms with Crippen LogP contribution >= 0.6 is 0 Å². The fourth-order valence-electron chi connectivity index (χ4n) is 5.06. The predicted octanol–water partition coefficient (Wildman–Crippen LogP) is 5.55. The topological polar surface area (TPSA) is 3.24 Å². The molecular formula is C23H31N. The number of likely N-dealkylation sites (N-methyl/N-ethyl adjacent to an activating group) is 1. The first-order valence-corrected chi connectivity index (χ1v) is 9.34. The van der Waals surface area contributed by atoms with E-state index in [1.165, 1.54) is 11.1 Å². The van der Waals surface area contributed by atoms with Crippen molar-refractivity contribution in [1.29, 1.82) is 0 Å². The summed E-state index contributed by atoms with van der Waals surface area (Å²) in [5.41, 5.74) is 2.97. The molecule has 0 bridgehead atoms. The van der Waals surface area contributed by atoms with Crippen molar-refractivity contribution < 1.29 is 0 Å². The lowest BCUT2D eigenvalue weighted by Crippen LogP contribution is -2.39. The lowest BCUT2D eigenvalue weighted by atomic mass is 9.74. The maximum absolute atomic E-state index is 2.67. The summed E-state index contributed by atoms with van der Waals surface area (Å²) in [4.78, 5) is 2.67. The second-order valence-corrected chi connectivity index (χ2v) is 8.01. The molecule has 0 aliphatic carbocycles. The molecule has 0 saturated carbocycles. The standard InChI is InChI=1S/C23H31N/c1-16(2)22-20(18-12-8-6-9-13-18)21(19-14-10-7-11-15-19)23(17(3)4)24(22)5/h6-17,20-23H,1-5H3/t20-,21+,22+,23-. The molecule has 1 aliphatic rings. The van der Waals surface area contributed by atoms with Crippen molar-refractivity contribution in [3.05, 3.63) is 71.8 Å². The van der Waals surface area contributed by atoms with Gasteiger partial charge in [0, 0.05) is 23.9 Å². The highest BCUT2D eigenvalue weighted by Gasteiger charge is 2.49. The molecule has 0 spiro atoms. The average Bonchev–Trinajstić information content (AvgIpc) is 2.90. The first kappa shape index (κ1) is 17.2. The maximum Gasteiger partial charge on any atom is 0.0194 e. The highest BCUT2D eigenvalue weighted by Crippen LogP contribution is 2.51. The van der Waals surface area contributed by atoms with Gasteiger partial charge < -0.3 is 0 Å². The van der Waals surface area contributed by atoms with E-state index in [2.05, 4.69) is 100 Å². The Kier molecular flexibility index (Phi) is 5.10. The van der Waals surface area contributed by atoms with Crippen molar-refractivity contribution in [1.82, 2.24) is 4.90 Å². The lowest BCUT2D eigenvalue weighted by molar-refractivity contribution is 0.160. The number of nitrogens with zero attached hydrogens (tertiary/aromatic N) is 1. The van der Waals surface area contributed by atoms with Crippen LogP contribution in [0.3, 0.4) is 0 Å². The zero-order valence-corrected chi connectivity index (χ0v) is 15.7. The monoisotopic (exact) mass is 321 g/mol. The highest BCUT2D eigenvalue weighted by molar-refractivity contribution is 5.35. The van der Waals surface area contributed by atoms with Crippen molar-refractivity contribution in [3.63, 3.8) is 0 Å². The van der Waals surface area contributed by atoms with Gasteiger partial charge in [-0.05, 0) is 30.0 Å². The van der Waals surface area contributed by atoms with Crippen molar-refractivity contribution in [2.75, 3.05) is 7.05 Å². The molecule has 2 aromatic carbocycles. The van der Waals surface area contributed by atoms with Gasteiger partial charge in [0.1, 0.15) is 0 Å². The van der Waals surface area contributed by atoms with Crippen LogP contribution in [0, 0.1) is 11.8 Å². The maximum atomic E-state index is 2.67. The van der Waals surface area contributed by atoms with Crippen molar-refractivity contribution >= 4 is 0 Å². The Balaban J connectivity index is 2.15. The van der Waals surface area contributed by atoms with E-state index in [-0.39, 0.29) is 0 Å². The van der Waals surface area contributed by atoms with Gasteiger partial charge in [-0.2, -0.15) is 0 Å². The van der Waals surface area contributed by atoms with Crippen LogP contribution in [-0.4, -0.2) is 24.0 Å². The summed E-state index contributed by atoms with van der Waals surface area (Å²) in [6.45, 7) is 9.51. The predicted molar refractivity (Wildman–Crippen MR) is 103 cm³/mol. The van der Waals surface area contributed by atoms with E-state index >= 15 is 0 Å². The first-order chi connectivity index (χ1) is 11.5. The largest absolute Gasteiger partial charge is 0.299 e. The van der Waals surface area contributed by atoms with Gasteiger partial charge in [0.2, 0.25) is 0 Å². The second-order valence-electron chi connectivity index (χ2n) is 8.01. The molecule has 0 unspecified atom stereocenters. The first-order valence-electron chi connectivity index (χ1n) is 9.34. The fourth-order valence-corrected chi connectivity index (χ4v) is 5.06. The zero-order valence-electron chi connectivity index (χ0n) is 15.7. The van der Waals surface area contributed by atoms with Gasteiger partial charge in [0.25, 0.3) is 0 Å². The van der Waals surface area contributed by atoms with Crippen molar-refractivity contribution in [3.8, 4) is 0 Å². The molecule has 1 heteroatoms. The average molecular weight is 322 g/mol. The van der Waals surface area contributed by atoms with E-state index in [0.29, 0.717) is 35.8 Å². The van der Waals surface area contributed by atoms with Crippen LogP contribution in [0.4, 0.5) is 0 Å². The molecule has 1 nitrogen and oxygen atoms in total. The summed E-state index contributed by atoms with van der Waals surface area (Å²) < 4.78 is 0. The van der Waals surface area contributed by atoms with Crippen molar-refractivity contribution in [2.24, 2.45) is 11.8 Å². The van der Waals surface area contributed by atoms with Crippen LogP contribution in [0.1, 0.15) is 50.7 Å². The molecule has 0 radical (unpaired) electrons. The minimum atomic E-state index is 0.547. The minimum absolute atomic E-state index is 0.547. The summed E-state index contributed by atoms with van der Waals surface area (Å²) in [6.07, 6.45) is 0. The van der Waals surface area contributed by atoms with Gasteiger partial charge in [-0.25, -0.2) is 0 Å². The molecule has 4 atom stereocenters. The molecule has 2 aromatic rings. The molecule has 3 rings (SSSR count). The van der Waals surface area contributed by atoms with E-state index in [4.69, 9.17) is 0 Å². The second kappa shape index (κ2) is 7.11. The third kappa shape index (κ3) is 3.02. The van der Waals surface area contributed by atoms with E-state index < -0.39 is 0 Å². The number of benzene rings is 2. The fraction of sp³-hybridized carbons (Fsp3) is 0.478. The molecule has 1 fully saturated rings. The Morgan fingerprint density at radius 1 is 0.625 bits per heavy atom. The van der Waals surface area contributed by atoms with Gasteiger partial charge in [0.15, 0.2) is 0 Å². The number of hydrogen-bond donors (Lipinski definition) is 0. The Hall–Kier alpha value is -1.60. The van der Waals surface area contributed by atoms with Crippen LogP contribution in [-0.2, 0) is 0 Å². The molecule has 128 valence electrons. The van der Waals surface area contributed by atoms with Gasteiger partial charge >= 0.3 is 0 Å². The van der Waals surface area contributed by atoms with Crippen LogP contribution in [0.5, 0.6) is 0 Å². The summed E-state index contributed by atoms with van der Waals surface area (Å²) in [5, 5.41) is 0. The SMILES string of the molecule is CC(C)[C@@H]1[C@@H](c2ccccc2)[C@@H](c2ccccc2)[C@H](C(C)C)N1C. The third-order valence-electron chi connectivity index (χ3n) is 5.80. The third-order valence-corrected chi connectivity index (χ3v) is 5.80. The molecule has 1 aliphatic heterocycles. The van der Waals surface area contributed by atoms with Crippen LogP contribution in [0.25, 0.3) is 0 Å². The van der Waals surface area contributed by atoms with Gasteiger partial charge in [-0.1, -0.05) is 88.4 Å². The quantitative estimate of drug-likeness (QED) is 0.713. The van der Waals surface area contributed by atoms with Crippen molar-refractivity contribution in [2.45, 2.75) is 51.6 Å². The lowest BCUT2D eigenvalue weighted by Gasteiger charge is -2.32. The molecule has 0 N–H and O–H groups in total. The summed E-state index contributed by atoms with van der Waals surface area (Å²) >= 11 is 0. The Morgan fingerprint density at radius 2 is 0.958 bits per heavy atom. The molecular weight excluding hydrogens is 290 g/mol.